The van der Waals surface area contributed by atoms with Crippen molar-refractivity contribution in [3.63, 3.8) is 0 Å². The average molecular weight is 389 g/mol. The summed E-state index contributed by atoms with van der Waals surface area (Å²) >= 11 is 0. The predicted octanol–water partition coefficient (Wildman–Crippen LogP) is 3.04. The molecule has 148 valence electrons. The van der Waals surface area contributed by atoms with Crippen molar-refractivity contribution in [2.24, 2.45) is 10.7 Å². The first kappa shape index (κ1) is 18.7. The highest BCUT2D eigenvalue weighted by Gasteiger charge is 2.30. The molecule has 7 nitrogen and oxygen atoms in total. The molecule has 0 bridgehead atoms. The first-order chi connectivity index (χ1) is 13.8. The van der Waals surface area contributed by atoms with Gasteiger partial charge in [0.25, 0.3) is 0 Å². The van der Waals surface area contributed by atoms with E-state index < -0.39 is 11.4 Å². The van der Waals surface area contributed by atoms with Gasteiger partial charge in [0.05, 0.1) is 29.6 Å². The Morgan fingerprint density at radius 2 is 2.00 bits per heavy atom. The normalized spacial score (nSPS) is 15.4. The molecule has 3 heterocycles. The van der Waals surface area contributed by atoms with E-state index in [1.807, 2.05) is 44.2 Å². The van der Waals surface area contributed by atoms with Gasteiger partial charge in [-0.2, -0.15) is 0 Å². The van der Waals surface area contributed by atoms with Gasteiger partial charge in [0.1, 0.15) is 5.84 Å². The zero-order chi connectivity index (χ0) is 20.8. The third-order valence-electron chi connectivity index (χ3n) is 5.19. The topological polar surface area (TPSA) is 105 Å². The van der Waals surface area contributed by atoms with Gasteiger partial charge in [-0.15, -0.1) is 0 Å². The number of nitrogens with one attached hydrogen (secondary N) is 2. The van der Waals surface area contributed by atoms with Gasteiger partial charge < -0.3 is 20.8 Å². The van der Waals surface area contributed by atoms with Crippen LogP contribution < -0.4 is 15.8 Å². The van der Waals surface area contributed by atoms with Crippen molar-refractivity contribution < 1.29 is 9.53 Å². The second-order valence-corrected chi connectivity index (χ2v) is 7.54. The molecule has 29 heavy (non-hydrogen) atoms. The van der Waals surface area contributed by atoms with Crippen LogP contribution in [0.1, 0.15) is 25.0 Å². The van der Waals surface area contributed by atoms with Crippen molar-refractivity contribution in [3.8, 4) is 17.3 Å². The van der Waals surface area contributed by atoms with Crippen LogP contribution >= 0.6 is 0 Å². The lowest BCUT2D eigenvalue weighted by Crippen LogP contribution is -2.39. The van der Waals surface area contributed by atoms with E-state index in [1.54, 1.807) is 13.3 Å². The smallest absolute Gasteiger partial charge is 0.248 e. The fourth-order valence-electron chi connectivity index (χ4n) is 3.61. The summed E-state index contributed by atoms with van der Waals surface area (Å²) in [4.78, 5) is 24.3. The summed E-state index contributed by atoms with van der Waals surface area (Å²) in [5, 5.41) is 4.19. The molecule has 0 fully saturated rings. The minimum atomic E-state index is -0.690. The fourth-order valence-corrected chi connectivity index (χ4v) is 3.61. The van der Waals surface area contributed by atoms with Gasteiger partial charge in [-0.25, -0.2) is 4.98 Å². The second kappa shape index (κ2) is 6.77. The third-order valence-corrected chi connectivity index (χ3v) is 5.19. The van der Waals surface area contributed by atoms with Gasteiger partial charge in [0, 0.05) is 28.7 Å². The molecule has 4 rings (SSSR count). The summed E-state index contributed by atoms with van der Waals surface area (Å²) in [5.74, 6) is 0.794. The molecule has 0 spiro atoms. The largest absolute Gasteiger partial charge is 0.481 e. The molecule has 1 aliphatic heterocycles. The number of hydrogen-bond donors (Lipinski definition) is 3. The van der Waals surface area contributed by atoms with E-state index in [0.29, 0.717) is 17.3 Å². The minimum absolute atomic E-state index is 0.450. The highest BCUT2D eigenvalue weighted by Crippen LogP contribution is 2.31. The van der Waals surface area contributed by atoms with E-state index >= 15 is 0 Å². The van der Waals surface area contributed by atoms with Crippen molar-refractivity contribution in [1.29, 1.82) is 0 Å². The van der Waals surface area contributed by atoms with Crippen molar-refractivity contribution in [2.45, 2.75) is 26.3 Å². The van der Waals surface area contributed by atoms with Crippen LogP contribution in [0.2, 0.25) is 0 Å². The Morgan fingerprint density at radius 3 is 2.69 bits per heavy atom. The first-order valence-corrected chi connectivity index (χ1v) is 9.31. The quantitative estimate of drug-likeness (QED) is 0.638. The number of amides is 1. The summed E-state index contributed by atoms with van der Waals surface area (Å²) in [7, 11) is 1.61. The number of ether oxygens (including phenoxy) is 1. The number of aromatic nitrogens is 2. The Bertz CT molecular complexity index is 1190. The summed E-state index contributed by atoms with van der Waals surface area (Å²) in [6, 6.07) is 11.8. The van der Waals surface area contributed by atoms with Gasteiger partial charge in [0.15, 0.2) is 0 Å². The molecule has 1 aliphatic rings. The number of nitrogens with two attached hydrogens (primary N) is 1. The molecule has 0 atom stereocenters. The number of pyridine rings is 1. The number of aliphatic imine (C=N–C) groups is 1. The third kappa shape index (κ3) is 3.24. The highest BCUT2D eigenvalue weighted by atomic mass is 16.5. The molecule has 0 radical (unpaired) electrons. The minimum Gasteiger partial charge on any atom is -0.481 e. The predicted molar refractivity (Wildman–Crippen MR) is 114 cm³/mol. The summed E-state index contributed by atoms with van der Waals surface area (Å²) in [5.41, 5.74) is 10.0. The molecular weight excluding hydrogens is 366 g/mol. The van der Waals surface area contributed by atoms with E-state index in [9.17, 15) is 4.79 Å². The number of H-pyrrole nitrogens is 1. The molecule has 1 aromatic carbocycles. The molecule has 0 aliphatic carbocycles. The molecule has 7 heteroatoms. The number of primary amides is 1. The van der Waals surface area contributed by atoms with Gasteiger partial charge in [-0.3, -0.25) is 9.79 Å². The maximum absolute atomic E-state index is 11.6. The lowest BCUT2D eigenvalue weighted by atomic mass is 9.93. The molecule has 2 aromatic heterocycles. The molecule has 0 saturated heterocycles. The van der Waals surface area contributed by atoms with Gasteiger partial charge in [-0.05, 0) is 50.6 Å². The number of carbonyl (C=O) groups is 1. The van der Waals surface area contributed by atoms with Crippen molar-refractivity contribution in [3.05, 3.63) is 59.3 Å². The van der Waals surface area contributed by atoms with E-state index in [2.05, 4.69) is 28.3 Å². The Labute approximate surface area is 168 Å². The van der Waals surface area contributed by atoms with Gasteiger partial charge >= 0.3 is 0 Å². The number of aryl methyl sites for hydroxylation is 1. The van der Waals surface area contributed by atoms with Crippen LogP contribution in [0.25, 0.3) is 22.3 Å². The number of benzene rings is 1. The number of methoxy groups -OCH3 is 1. The summed E-state index contributed by atoms with van der Waals surface area (Å²) < 4.78 is 5.25. The van der Waals surface area contributed by atoms with Crippen molar-refractivity contribution >= 4 is 22.6 Å². The van der Waals surface area contributed by atoms with Crippen LogP contribution in [0.3, 0.4) is 0 Å². The fraction of sp³-hybridized carbons (Fsp3) is 0.227. The zero-order valence-corrected chi connectivity index (χ0v) is 16.8. The van der Waals surface area contributed by atoms with E-state index in [1.165, 1.54) is 0 Å². The van der Waals surface area contributed by atoms with Gasteiger partial charge in [0.2, 0.25) is 11.8 Å². The molecule has 3 aromatic rings. The second-order valence-electron chi connectivity index (χ2n) is 7.54. The number of carbonyl (C=O) groups excluding carboxylic acids is 1. The Balaban J connectivity index is 1.76. The average Bonchev–Trinajstić information content (AvgIpc) is 3.03. The van der Waals surface area contributed by atoms with Crippen LogP contribution in [-0.4, -0.2) is 34.4 Å². The van der Waals surface area contributed by atoms with E-state index in [0.717, 1.165) is 33.4 Å². The van der Waals surface area contributed by atoms with Gasteiger partial charge in [-0.1, -0.05) is 6.07 Å². The van der Waals surface area contributed by atoms with Crippen LogP contribution in [0.15, 0.2) is 53.2 Å². The first-order valence-electron chi connectivity index (χ1n) is 9.31. The number of hydrogen-bond acceptors (Lipinski definition) is 5. The molecule has 1 amide bonds. The van der Waals surface area contributed by atoms with E-state index in [-0.39, 0.29) is 0 Å². The zero-order valence-electron chi connectivity index (χ0n) is 16.8. The lowest BCUT2D eigenvalue weighted by Gasteiger charge is -2.27. The Morgan fingerprint density at radius 1 is 1.21 bits per heavy atom. The SMILES string of the molecule is COc1cccc(-c2[nH]c3ccc(C4=NC(C)(C)C(C(N)=O)=CN4)cc3c2C)n1. The van der Waals surface area contributed by atoms with Crippen LogP contribution in [0, 0.1) is 6.92 Å². The number of aromatic amines is 1. The maximum atomic E-state index is 11.6. The highest BCUT2D eigenvalue weighted by molar-refractivity contribution is 6.06. The Kier molecular flexibility index (Phi) is 4.38. The molecule has 4 N–H and O–H groups in total. The van der Waals surface area contributed by atoms with Crippen molar-refractivity contribution in [1.82, 2.24) is 15.3 Å². The molecule has 0 unspecified atom stereocenters. The van der Waals surface area contributed by atoms with Crippen LogP contribution in [0.5, 0.6) is 5.88 Å². The maximum Gasteiger partial charge on any atom is 0.248 e. The summed E-state index contributed by atoms with van der Waals surface area (Å²) in [6.45, 7) is 5.80. The number of nitrogens with zero attached hydrogens (tertiary/aromatic N) is 2. The monoisotopic (exact) mass is 389 g/mol. The molecule has 0 saturated carbocycles. The van der Waals surface area contributed by atoms with Crippen molar-refractivity contribution in [2.75, 3.05) is 7.11 Å². The standard InChI is InChI=1S/C22H23N5O2/c1-12-14-10-13(21-24-11-15(20(23)28)22(2,3)27-21)8-9-16(14)26-19(12)17-6-5-7-18(25-17)29-4/h5-11,26H,1-4H3,(H2,23,28)(H,24,27). The molecular formula is C22H23N5O2. The van der Waals surface area contributed by atoms with Crippen LogP contribution in [-0.2, 0) is 4.79 Å². The summed E-state index contributed by atoms with van der Waals surface area (Å²) in [6.07, 6.45) is 1.64. The number of amidine groups is 1. The van der Waals surface area contributed by atoms with E-state index in [4.69, 9.17) is 15.5 Å². The lowest BCUT2D eigenvalue weighted by molar-refractivity contribution is -0.115. The number of rotatable bonds is 4. The van der Waals surface area contributed by atoms with Crippen LogP contribution in [0.4, 0.5) is 0 Å². The Hall–Kier alpha value is -3.61. The number of fused-ring (bicyclic) bond motifs is 1.